The van der Waals surface area contributed by atoms with Gasteiger partial charge in [-0.3, -0.25) is 0 Å². The lowest BCUT2D eigenvalue weighted by Gasteiger charge is -2.14. The highest BCUT2D eigenvalue weighted by molar-refractivity contribution is 7.13. The number of rotatable bonds is 2. The fourth-order valence-corrected chi connectivity index (χ4v) is 2.51. The number of anilines is 2. The zero-order chi connectivity index (χ0) is 12.5. The third-order valence-corrected chi connectivity index (χ3v) is 3.34. The number of nitrogens with one attached hydrogen (secondary N) is 1. The van der Waals surface area contributed by atoms with Crippen molar-refractivity contribution in [1.29, 1.82) is 0 Å². The van der Waals surface area contributed by atoms with E-state index in [1.54, 1.807) is 11.3 Å². The van der Waals surface area contributed by atoms with Gasteiger partial charge in [-0.05, 0) is 18.2 Å². The van der Waals surface area contributed by atoms with Gasteiger partial charge in [0, 0.05) is 21.5 Å². The smallest absolute Gasteiger partial charge is 0.187 e. The second-order valence-corrected chi connectivity index (χ2v) is 6.22. The van der Waals surface area contributed by atoms with Gasteiger partial charge < -0.3 is 5.32 Å². The fourth-order valence-electron chi connectivity index (χ4n) is 1.37. The third-order valence-electron chi connectivity index (χ3n) is 2.35. The van der Waals surface area contributed by atoms with E-state index in [9.17, 15) is 0 Å². The summed E-state index contributed by atoms with van der Waals surface area (Å²) >= 11 is 7.54. The average molecular weight is 267 g/mol. The van der Waals surface area contributed by atoms with E-state index < -0.39 is 0 Å². The van der Waals surface area contributed by atoms with Crippen molar-refractivity contribution in [2.75, 3.05) is 5.32 Å². The van der Waals surface area contributed by atoms with Crippen LogP contribution < -0.4 is 5.32 Å². The van der Waals surface area contributed by atoms with Crippen LogP contribution in [-0.4, -0.2) is 4.98 Å². The summed E-state index contributed by atoms with van der Waals surface area (Å²) in [6.45, 7) is 6.47. The first-order chi connectivity index (χ1) is 7.95. The van der Waals surface area contributed by atoms with Gasteiger partial charge in [-0.2, -0.15) is 0 Å². The van der Waals surface area contributed by atoms with Crippen LogP contribution in [-0.2, 0) is 5.41 Å². The maximum absolute atomic E-state index is 5.93. The lowest BCUT2D eigenvalue weighted by Crippen LogP contribution is -2.11. The maximum Gasteiger partial charge on any atom is 0.187 e. The molecule has 17 heavy (non-hydrogen) atoms. The molecule has 0 saturated heterocycles. The van der Waals surface area contributed by atoms with Gasteiger partial charge in [0.2, 0.25) is 0 Å². The van der Waals surface area contributed by atoms with Crippen molar-refractivity contribution in [1.82, 2.24) is 4.98 Å². The minimum atomic E-state index is 0.0881. The van der Waals surface area contributed by atoms with E-state index in [-0.39, 0.29) is 5.41 Å². The van der Waals surface area contributed by atoms with E-state index in [1.165, 1.54) is 0 Å². The molecular weight excluding hydrogens is 252 g/mol. The normalized spacial score (nSPS) is 11.5. The molecule has 0 aliphatic rings. The summed E-state index contributed by atoms with van der Waals surface area (Å²) < 4.78 is 0. The summed E-state index contributed by atoms with van der Waals surface area (Å²) in [5, 5.41) is 6.98. The summed E-state index contributed by atoms with van der Waals surface area (Å²) in [6, 6.07) is 7.64. The molecule has 0 fully saturated rings. The summed E-state index contributed by atoms with van der Waals surface area (Å²) in [7, 11) is 0. The molecule has 2 rings (SSSR count). The van der Waals surface area contributed by atoms with E-state index in [2.05, 4.69) is 36.5 Å². The molecule has 90 valence electrons. The van der Waals surface area contributed by atoms with Crippen LogP contribution in [0.1, 0.15) is 26.5 Å². The van der Waals surface area contributed by atoms with Gasteiger partial charge in [0.05, 0.1) is 5.69 Å². The molecule has 1 aromatic heterocycles. The SMILES string of the molecule is CC(C)(C)c1csc(Nc2cccc(Cl)c2)n1. The van der Waals surface area contributed by atoms with Crippen LogP contribution in [0.15, 0.2) is 29.6 Å². The third kappa shape index (κ3) is 3.20. The number of aromatic nitrogens is 1. The van der Waals surface area contributed by atoms with Crippen molar-refractivity contribution >= 4 is 33.8 Å². The van der Waals surface area contributed by atoms with Crippen LogP contribution in [0.4, 0.5) is 10.8 Å². The van der Waals surface area contributed by atoms with Crippen LogP contribution in [0.5, 0.6) is 0 Å². The molecule has 4 heteroatoms. The Labute approximate surface area is 111 Å². The average Bonchev–Trinajstić information content (AvgIpc) is 2.65. The number of hydrogen-bond donors (Lipinski definition) is 1. The Balaban J connectivity index is 2.17. The first kappa shape index (κ1) is 12.4. The molecule has 0 aliphatic carbocycles. The van der Waals surface area contributed by atoms with Crippen molar-refractivity contribution in [2.24, 2.45) is 0 Å². The summed E-state index contributed by atoms with van der Waals surface area (Å²) in [5.74, 6) is 0. The Hall–Kier alpha value is -1.06. The van der Waals surface area contributed by atoms with Gasteiger partial charge in [-0.25, -0.2) is 4.98 Å². The van der Waals surface area contributed by atoms with Gasteiger partial charge >= 0.3 is 0 Å². The summed E-state index contributed by atoms with van der Waals surface area (Å²) in [4.78, 5) is 4.57. The molecule has 0 unspecified atom stereocenters. The van der Waals surface area contributed by atoms with Crippen molar-refractivity contribution < 1.29 is 0 Å². The maximum atomic E-state index is 5.93. The molecule has 0 amide bonds. The zero-order valence-electron chi connectivity index (χ0n) is 10.1. The monoisotopic (exact) mass is 266 g/mol. The topological polar surface area (TPSA) is 24.9 Å². The molecule has 0 atom stereocenters. The number of benzene rings is 1. The molecule has 1 N–H and O–H groups in total. The van der Waals surface area contributed by atoms with Gasteiger partial charge in [0.15, 0.2) is 5.13 Å². The number of hydrogen-bond acceptors (Lipinski definition) is 3. The standard InChI is InChI=1S/C13H15ClN2S/c1-13(2,3)11-8-17-12(16-11)15-10-6-4-5-9(14)7-10/h4-8H,1-3H3,(H,15,16). The fraction of sp³-hybridized carbons (Fsp3) is 0.308. The summed E-state index contributed by atoms with van der Waals surface area (Å²) in [6.07, 6.45) is 0. The molecule has 2 aromatic rings. The largest absolute Gasteiger partial charge is 0.331 e. The Morgan fingerprint density at radius 1 is 1.29 bits per heavy atom. The van der Waals surface area contributed by atoms with E-state index in [0.29, 0.717) is 0 Å². The van der Waals surface area contributed by atoms with Gasteiger partial charge in [-0.1, -0.05) is 38.4 Å². The van der Waals surface area contributed by atoms with Crippen LogP contribution in [0.2, 0.25) is 5.02 Å². The molecule has 0 saturated carbocycles. The van der Waals surface area contributed by atoms with Gasteiger partial charge in [-0.15, -0.1) is 11.3 Å². The summed E-state index contributed by atoms with van der Waals surface area (Å²) in [5.41, 5.74) is 2.16. The quantitative estimate of drug-likeness (QED) is 0.841. The minimum Gasteiger partial charge on any atom is -0.331 e. The molecule has 0 aliphatic heterocycles. The highest BCUT2D eigenvalue weighted by Gasteiger charge is 2.17. The molecule has 2 nitrogen and oxygen atoms in total. The van der Waals surface area contributed by atoms with Crippen LogP contribution in [0.3, 0.4) is 0 Å². The van der Waals surface area contributed by atoms with Gasteiger partial charge in [0.25, 0.3) is 0 Å². The minimum absolute atomic E-state index is 0.0881. The van der Waals surface area contributed by atoms with E-state index in [1.807, 2.05) is 24.3 Å². The van der Waals surface area contributed by atoms with E-state index in [4.69, 9.17) is 11.6 Å². The molecule has 0 spiro atoms. The Bertz CT molecular complexity index is 514. The van der Waals surface area contributed by atoms with Crippen LogP contribution >= 0.6 is 22.9 Å². The highest BCUT2D eigenvalue weighted by Crippen LogP contribution is 2.28. The van der Waals surface area contributed by atoms with Crippen molar-refractivity contribution in [3.8, 4) is 0 Å². The van der Waals surface area contributed by atoms with Crippen molar-refractivity contribution in [2.45, 2.75) is 26.2 Å². The molecular formula is C13H15ClN2S. The van der Waals surface area contributed by atoms with Crippen molar-refractivity contribution in [3.05, 3.63) is 40.4 Å². The predicted octanol–water partition coefficient (Wildman–Crippen LogP) is 4.84. The Kier molecular flexibility index (Phi) is 3.40. The second kappa shape index (κ2) is 4.67. The number of thiazole rings is 1. The van der Waals surface area contributed by atoms with E-state index in [0.717, 1.165) is 21.5 Å². The lowest BCUT2D eigenvalue weighted by molar-refractivity contribution is 0.573. The van der Waals surface area contributed by atoms with Gasteiger partial charge in [0.1, 0.15) is 0 Å². The Morgan fingerprint density at radius 2 is 2.06 bits per heavy atom. The zero-order valence-corrected chi connectivity index (χ0v) is 11.7. The molecule has 1 heterocycles. The first-order valence-corrected chi connectivity index (χ1v) is 6.69. The molecule has 0 bridgehead atoms. The lowest BCUT2D eigenvalue weighted by atomic mass is 9.93. The predicted molar refractivity (Wildman–Crippen MR) is 75.5 cm³/mol. The number of halogens is 1. The first-order valence-electron chi connectivity index (χ1n) is 5.44. The Morgan fingerprint density at radius 3 is 2.65 bits per heavy atom. The number of nitrogens with zero attached hydrogens (tertiary/aromatic N) is 1. The van der Waals surface area contributed by atoms with E-state index >= 15 is 0 Å². The second-order valence-electron chi connectivity index (χ2n) is 4.92. The van der Waals surface area contributed by atoms with Crippen LogP contribution in [0, 0.1) is 0 Å². The van der Waals surface area contributed by atoms with Crippen LogP contribution in [0.25, 0.3) is 0 Å². The molecule has 1 aromatic carbocycles. The molecule has 0 radical (unpaired) electrons. The highest BCUT2D eigenvalue weighted by atomic mass is 35.5. The van der Waals surface area contributed by atoms with Crippen molar-refractivity contribution in [3.63, 3.8) is 0 Å².